The number of nitrogens with zero attached hydrogens (tertiary/aromatic N) is 1. The van der Waals surface area contributed by atoms with Crippen molar-refractivity contribution in [3.05, 3.63) is 24.3 Å². The van der Waals surface area contributed by atoms with Gasteiger partial charge in [0.25, 0.3) is 0 Å². The van der Waals surface area contributed by atoms with Gasteiger partial charge in [-0.25, -0.2) is 4.39 Å². The fraction of sp³-hybridized carbons (Fsp3) is 0.455. The van der Waals surface area contributed by atoms with E-state index in [2.05, 4.69) is 10.3 Å². The largest absolute Gasteiger partial charge is 0.325 e. The van der Waals surface area contributed by atoms with Crippen LogP contribution in [0.25, 0.3) is 0 Å². The molecule has 1 rings (SSSR count). The molecule has 0 spiro atoms. The Morgan fingerprint density at radius 1 is 1.27 bits per heavy atom. The number of pyridine rings is 1. The van der Waals surface area contributed by atoms with Crippen LogP contribution < -0.4 is 5.32 Å². The molecular weight excluding hydrogens is 195 g/mol. The van der Waals surface area contributed by atoms with Gasteiger partial charge in [0, 0.05) is 13.0 Å². The van der Waals surface area contributed by atoms with Gasteiger partial charge in [-0.1, -0.05) is 27.7 Å². The molecule has 1 heterocycles. The van der Waals surface area contributed by atoms with Crippen molar-refractivity contribution in [2.24, 2.45) is 0 Å². The van der Waals surface area contributed by atoms with E-state index >= 15 is 0 Å². The average Bonchev–Trinajstić information content (AvgIpc) is 2.23. The van der Waals surface area contributed by atoms with E-state index in [1.807, 2.05) is 27.7 Å². The van der Waals surface area contributed by atoms with Crippen molar-refractivity contribution in [2.45, 2.75) is 34.6 Å². The molecule has 15 heavy (non-hydrogen) atoms. The van der Waals surface area contributed by atoms with Crippen molar-refractivity contribution in [3.8, 4) is 0 Å². The quantitative estimate of drug-likeness (QED) is 0.779. The molecule has 86 valence electrons. The van der Waals surface area contributed by atoms with E-state index in [9.17, 15) is 9.18 Å². The van der Waals surface area contributed by atoms with E-state index in [0.29, 0.717) is 5.69 Å². The first-order chi connectivity index (χ1) is 7.18. The lowest BCUT2D eigenvalue weighted by Gasteiger charge is -1.98. The zero-order chi connectivity index (χ0) is 12.3. The SMILES string of the molecule is CC.CC.CC(=O)Nc1cncc(F)c1. The Balaban J connectivity index is 0. The van der Waals surface area contributed by atoms with Crippen LogP contribution in [0.15, 0.2) is 18.5 Å². The molecule has 0 aromatic carbocycles. The van der Waals surface area contributed by atoms with E-state index in [0.717, 1.165) is 6.20 Å². The molecule has 3 nitrogen and oxygen atoms in total. The fourth-order valence-electron chi connectivity index (χ4n) is 0.683. The lowest BCUT2D eigenvalue weighted by atomic mass is 10.4. The summed E-state index contributed by atoms with van der Waals surface area (Å²) in [4.78, 5) is 14.0. The van der Waals surface area contributed by atoms with Gasteiger partial charge in [0.05, 0.1) is 18.1 Å². The van der Waals surface area contributed by atoms with Gasteiger partial charge < -0.3 is 5.32 Å². The highest BCUT2D eigenvalue weighted by Gasteiger charge is 1.96. The third-order valence-electron chi connectivity index (χ3n) is 1.03. The number of hydrogen-bond donors (Lipinski definition) is 1. The summed E-state index contributed by atoms with van der Waals surface area (Å²) < 4.78 is 12.4. The van der Waals surface area contributed by atoms with Crippen molar-refractivity contribution >= 4 is 11.6 Å². The van der Waals surface area contributed by atoms with Crippen molar-refractivity contribution in [1.82, 2.24) is 4.98 Å². The van der Waals surface area contributed by atoms with Gasteiger partial charge >= 0.3 is 0 Å². The lowest BCUT2D eigenvalue weighted by molar-refractivity contribution is -0.114. The molecule has 0 fully saturated rings. The minimum atomic E-state index is -0.462. The van der Waals surface area contributed by atoms with Crippen molar-refractivity contribution in [3.63, 3.8) is 0 Å². The van der Waals surface area contributed by atoms with Crippen LogP contribution in [0.2, 0.25) is 0 Å². The van der Waals surface area contributed by atoms with Gasteiger partial charge in [-0.2, -0.15) is 0 Å². The van der Waals surface area contributed by atoms with Gasteiger partial charge in [0.15, 0.2) is 0 Å². The maximum atomic E-state index is 12.4. The van der Waals surface area contributed by atoms with Crippen LogP contribution in [0, 0.1) is 5.82 Å². The summed E-state index contributed by atoms with van der Waals surface area (Å²) in [5, 5.41) is 2.40. The average molecular weight is 214 g/mol. The molecule has 1 aromatic rings. The Morgan fingerprint density at radius 2 is 1.80 bits per heavy atom. The number of nitrogens with one attached hydrogen (secondary N) is 1. The van der Waals surface area contributed by atoms with Gasteiger partial charge in [0.2, 0.25) is 5.91 Å². The first-order valence-corrected chi connectivity index (χ1v) is 5.06. The second kappa shape index (κ2) is 10.6. The van der Waals surface area contributed by atoms with Gasteiger partial charge in [-0.05, 0) is 0 Å². The molecule has 0 saturated carbocycles. The summed E-state index contributed by atoms with van der Waals surface area (Å²) >= 11 is 0. The Hall–Kier alpha value is -1.45. The van der Waals surface area contributed by atoms with Crippen LogP contribution in [0.1, 0.15) is 34.6 Å². The molecule has 0 radical (unpaired) electrons. The number of anilines is 1. The van der Waals surface area contributed by atoms with E-state index in [-0.39, 0.29) is 5.91 Å². The molecule has 0 aliphatic rings. The normalized spacial score (nSPS) is 7.60. The molecule has 0 saturated heterocycles. The molecule has 1 aromatic heterocycles. The summed E-state index contributed by atoms with van der Waals surface area (Å²) in [7, 11) is 0. The summed E-state index contributed by atoms with van der Waals surface area (Å²) in [6, 6.07) is 1.20. The molecule has 1 N–H and O–H groups in total. The minimum Gasteiger partial charge on any atom is -0.325 e. The Kier molecular flexibility index (Phi) is 11.3. The number of halogens is 1. The predicted molar refractivity (Wildman–Crippen MR) is 61.2 cm³/mol. The van der Waals surface area contributed by atoms with Crippen LogP contribution >= 0.6 is 0 Å². The summed E-state index contributed by atoms with van der Waals surface area (Å²) in [5.41, 5.74) is 0.373. The highest BCUT2D eigenvalue weighted by molar-refractivity contribution is 5.88. The number of hydrogen-bond acceptors (Lipinski definition) is 2. The summed E-state index contributed by atoms with van der Waals surface area (Å²) in [6.07, 6.45) is 2.45. The molecule has 1 amide bonds. The predicted octanol–water partition coefficient (Wildman–Crippen LogP) is 3.23. The Labute approximate surface area is 90.7 Å². The van der Waals surface area contributed by atoms with Crippen molar-refractivity contribution in [2.75, 3.05) is 5.32 Å². The van der Waals surface area contributed by atoms with Crippen molar-refractivity contribution < 1.29 is 9.18 Å². The third kappa shape index (κ3) is 8.87. The summed E-state index contributed by atoms with van der Waals surface area (Å²) in [5.74, 6) is -0.700. The number of rotatable bonds is 1. The standard InChI is InChI=1S/C7H7FN2O.2C2H6/c1-5(11)10-7-2-6(8)3-9-4-7;2*1-2/h2-4H,1H3,(H,10,11);2*1-2H3. The van der Waals surface area contributed by atoms with Crippen LogP contribution in [-0.2, 0) is 4.79 Å². The summed E-state index contributed by atoms with van der Waals surface area (Å²) in [6.45, 7) is 9.35. The first-order valence-electron chi connectivity index (χ1n) is 5.06. The second-order valence-electron chi connectivity index (χ2n) is 2.07. The molecule has 0 aliphatic carbocycles. The Morgan fingerprint density at radius 3 is 2.20 bits per heavy atom. The van der Waals surface area contributed by atoms with Crippen LogP contribution in [0.5, 0.6) is 0 Å². The van der Waals surface area contributed by atoms with Gasteiger partial charge in [-0.3, -0.25) is 9.78 Å². The number of carbonyl (C=O) groups is 1. The molecular formula is C11H19FN2O. The number of carbonyl (C=O) groups excluding carboxylic acids is 1. The molecule has 0 bridgehead atoms. The smallest absolute Gasteiger partial charge is 0.221 e. The maximum absolute atomic E-state index is 12.4. The topological polar surface area (TPSA) is 42.0 Å². The number of amides is 1. The lowest BCUT2D eigenvalue weighted by Crippen LogP contribution is -2.05. The number of aromatic nitrogens is 1. The monoisotopic (exact) mass is 214 g/mol. The highest BCUT2D eigenvalue weighted by atomic mass is 19.1. The fourth-order valence-corrected chi connectivity index (χ4v) is 0.683. The molecule has 0 atom stereocenters. The minimum absolute atomic E-state index is 0.239. The van der Waals surface area contributed by atoms with Crippen LogP contribution in [0.4, 0.5) is 10.1 Å². The van der Waals surface area contributed by atoms with E-state index in [4.69, 9.17) is 0 Å². The van der Waals surface area contributed by atoms with E-state index in [1.165, 1.54) is 19.2 Å². The van der Waals surface area contributed by atoms with E-state index in [1.54, 1.807) is 0 Å². The highest BCUT2D eigenvalue weighted by Crippen LogP contribution is 2.05. The maximum Gasteiger partial charge on any atom is 0.221 e. The Bertz CT molecular complexity index is 277. The van der Waals surface area contributed by atoms with Gasteiger partial charge in [-0.15, -0.1) is 0 Å². The molecule has 0 aliphatic heterocycles. The van der Waals surface area contributed by atoms with E-state index < -0.39 is 5.82 Å². The van der Waals surface area contributed by atoms with Gasteiger partial charge in [0.1, 0.15) is 5.82 Å². The van der Waals surface area contributed by atoms with Crippen molar-refractivity contribution in [1.29, 1.82) is 0 Å². The zero-order valence-corrected chi connectivity index (χ0v) is 9.97. The molecule has 0 unspecified atom stereocenters. The second-order valence-corrected chi connectivity index (χ2v) is 2.07. The molecule has 4 heteroatoms. The third-order valence-corrected chi connectivity index (χ3v) is 1.03. The first kappa shape index (κ1) is 16.0. The van der Waals surface area contributed by atoms with Crippen LogP contribution in [-0.4, -0.2) is 10.9 Å². The van der Waals surface area contributed by atoms with Crippen LogP contribution in [0.3, 0.4) is 0 Å². The zero-order valence-electron chi connectivity index (χ0n) is 9.97.